The first-order chi connectivity index (χ1) is 7.25. The van der Waals surface area contributed by atoms with E-state index >= 15 is 0 Å². The molecule has 2 saturated heterocycles. The Balaban J connectivity index is 1.78. The zero-order valence-electron chi connectivity index (χ0n) is 9.29. The van der Waals surface area contributed by atoms with Crippen molar-refractivity contribution in [1.82, 2.24) is 10.6 Å². The quantitative estimate of drug-likeness (QED) is 0.691. The van der Waals surface area contributed by atoms with Crippen molar-refractivity contribution in [3.63, 3.8) is 0 Å². The molecule has 15 heavy (non-hydrogen) atoms. The van der Waals surface area contributed by atoms with Gasteiger partial charge in [0, 0.05) is 18.6 Å². The van der Waals surface area contributed by atoms with Crippen molar-refractivity contribution in [2.45, 2.75) is 38.3 Å². The second-order valence-electron chi connectivity index (χ2n) is 4.65. The minimum atomic E-state index is 0.196. The van der Waals surface area contributed by atoms with Gasteiger partial charge in [-0.25, -0.2) is 0 Å². The fraction of sp³-hybridized carbons (Fsp3) is 0.909. The molecule has 0 radical (unpaired) electrons. The summed E-state index contributed by atoms with van der Waals surface area (Å²) in [7, 11) is 0. The monoisotopic (exact) mass is 212 g/mol. The van der Waals surface area contributed by atoms with Crippen molar-refractivity contribution in [2.75, 3.05) is 19.8 Å². The van der Waals surface area contributed by atoms with Crippen LogP contribution in [0.5, 0.6) is 0 Å². The van der Waals surface area contributed by atoms with Gasteiger partial charge >= 0.3 is 0 Å². The van der Waals surface area contributed by atoms with Crippen LogP contribution in [-0.4, -0.2) is 37.7 Å². The Kier molecular flexibility index (Phi) is 3.59. The normalized spacial score (nSPS) is 36.5. The fourth-order valence-corrected chi connectivity index (χ4v) is 2.34. The molecule has 0 aromatic rings. The lowest BCUT2D eigenvalue weighted by Crippen LogP contribution is -2.45. The molecule has 2 N–H and O–H groups in total. The molecule has 2 aliphatic heterocycles. The maximum atomic E-state index is 11.9. The van der Waals surface area contributed by atoms with Gasteiger partial charge in [-0.1, -0.05) is 0 Å². The SMILES string of the molecule is CC1CC(C(=O)NC2CCOC2)CCN1. The van der Waals surface area contributed by atoms with Gasteiger partial charge in [-0.15, -0.1) is 0 Å². The standard InChI is InChI=1S/C11H20N2O2/c1-8-6-9(2-4-12-8)11(14)13-10-3-5-15-7-10/h8-10,12H,2-7H2,1H3,(H,13,14). The van der Waals surface area contributed by atoms with Gasteiger partial charge in [-0.05, 0) is 32.7 Å². The molecule has 2 heterocycles. The first kappa shape index (κ1) is 10.9. The number of hydrogen-bond acceptors (Lipinski definition) is 3. The second-order valence-corrected chi connectivity index (χ2v) is 4.65. The Morgan fingerprint density at radius 2 is 2.33 bits per heavy atom. The molecule has 1 amide bonds. The van der Waals surface area contributed by atoms with Crippen molar-refractivity contribution in [3.05, 3.63) is 0 Å². The van der Waals surface area contributed by atoms with Gasteiger partial charge in [0.15, 0.2) is 0 Å². The van der Waals surface area contributed by atoms with E-state index in [0.717, 1.165) is 32.4 Å². The number of hydrogen-bond donors (Lipinski definition) is 2. The molecule has 2 rings (SSSR count). The second kappa shape index (κ2) is 4.94. The van der Waals surface area contributed by atoms with Gasteiger partial charge < -0.3 is 15.4 Å². The molecule has 4 heteroatoms. The third kappa shape index (κ3) is 2.92. The molecule has 86 valence electrons. The van der Waals surface area contributed by atoms with Crippen LogP contribution in [0, 0.1) is 5.92 Å². The van der Waals surface area contributed by atoms with E-state index in [1.165, 1.54) is 0 Å². The molecule has 2 fully saturated rings. The van der Waals surface area contributed by atoms with Gasteiger partial charge in [-0.3, -0.25) is 4.79 Å². The van der Waals surface area contributed by atoms with Crippen LogP contribution >= 0.6 is 0 Å². The lowest BCUT2D eigenvalue weighted by molar-refractivity contribution is -0.126. The third-order valence-corrected chi connectivity index (χ3v) is 3.27. The third-order valence-electron chi connectivity index (χ3n) is 3.27. The number of carbonyl (C=O) groups excluding carboxylic acids is 1. The van der Waals surface area contributed by atoms with Crippen LogP contribution in [0.3, 0.4) is 0 Å². The summed E-state index contributed by atoms with van der Waals surface area (Å²) in [6, 6.07) is 0.719. The van der Waals surface area contributed by atoms with E-state index in [4.69, 9.17) is 4.74 Å². The van der Waals surface area contributed by atoms with Crippen molar-refractivity contribution < 1.29 is 9.53 Å². The highest BCUT2D eigenvalue weighted by molar-refractivity contribution is 5.79. The van der Waals surface area contributed by atoms with Crippen LogP contribution in [0.15, 0.2) is 0 Å². The summed E-state index contributed by atoms with van der Waals surface area (Å²) in [6.07, 6.45) is 2.88. The van der Waals surface area contributed by atoms with Crippen LogP contribution in [0.2, 0.25) is 0 Å². The average Bonchev–Trinajstić information content (AvgIpc) is 2.70. The van der Waals surface area contributed by atoms with Gasteiger partial charge in [0.25, 0.3) is 0 Å². The van der Waals surface area contributed by atoms with Crippen LogP contribution < -0.4 is 10.6 Å². The first-order valence-electron chi connectivity index (χ1n) is 5.87. The van der Waals surface area contributed by atoms with Crippen LogP contribution in [0.1, 0.15) is 26.2 Å². The van der Waals surface area contributed by atoms with E-state index in [-0.39, 0.29) is 17.9 Å². The summed E-state index contributed by atoms with van der Waals surface area (Å²) < 4.78 is 5.24. The Bertz CT molecular complexity index is 227. The zero-order valence-corrected chi connectivity index (χ0v) is 9.29. The number of ether oxygens (including phenoxy) is 1. The summed E-state index contributed by atoms with van der Waals surface area (Å²) in [6.45, 7) is 4.57. The van der Waals surface area contributed by atoms with Gasteiger partial charge in [0.2, 0.25) is 5.91 Å². The Morgan fingerprint density at radius 3 is 3.00 bits per heavy atom. The molecule has 3 unspecified atom stereocenters. The predicted octanol–water partition coefficient (Wildman–Crippen LogP) is 0.280. The van der Waals surface area contributed by atoms with E-state index in [9.17, 15) is 4.79 Å². The number of rotatable bonds is 2. The smallest absolute Gasteiger partial charge is 0.223 e. The summed E-state index contributed by atoms with van der Waals surface area (Å²) in [5, 5.41) is 6.43. The van der Waals surface area contributed by atoms with Crippen LogP contribution in [-0.2, 0) is 9.53 Å². The zero-order chi connectivity index (χ0) is 10.7. The summed E-state index contributed by atoms with van der Waals surface area (Å²) in [5.74, 6) is 0.417. The minimum Gasteiger partial charge on any atom is -0.379 e. The molecule has 4 nitrogen and oxygen atoms in total. The highest BCUT2D eigenvalue weighted by Gasteiger charge is 2.27. The minimum absolute atomic E-state index is 0.196. The van der Waals surface area contributed by atoms with Gasteiger partial charge in [0.1, 0.15) is 0 Å². The largest absolute Gasteiger partial charge is 0.379 e. The predicted molar refractivity (Wildman–Crippen MR) is 57.6 cm³/mol. The number of carbonyl (C=O) groups is 1. The van der Waals surface area contributed by atoms with Crippen molar-refractivity contribution in [1.29, 1.82) is 0 Å². The highest BCUT2D eigenvalue weighted by atomic mass is 16.5. The van der Waals surface area contributed by atoms with Crippen LogP contribution in [0.4, 0.5) is 0 Å². The summed E-state index contributed by atoms with van der Waals surface area (Å²) in [4.78, 5) is 11.9. The number of piperidine rings is 1. The Labute approximate surface area is 90.8 Å². The van der Waals surface area contributed by atoms with Gasteiger partial charge in [0.05, 0.1) is 12.6 Å². The lowest BCUT2D eigenvalue weighted by atomic mass is 9.92. The summed E-state index contributed by atoms with van der Waals surface area (Å²) in [5.41, 5.74) is 0. The first-order valence-corrected chi connectivity index (χ1v) is 5.87. The average molecular weight is 212 g/mol. The lowest BCUT2D eigenvalue weighted by Gasteiger charge is -2.27. The summed E-state index contributed by atoms with van der Waals surface area (Å²) >= 11 is 0. The van der Waals surface area contributed by atoms with Crippen molar-refractivity contribution in [3.8, 4) is 0 Å². The maximum Gasteiger partial charge on any atom is 0.223 e. The molecule has 0 aromatic heterocycles. The van der Waals surface area contributed by atoms with E-state index in [1.54, 1.807) is 0 Å². The topological polar surface area (TPSA) is 50.4 Å². The number of amides is 1. The molecule has 0 aliphatic carbocycles. The van der Waals surface area contributed by atoms with Gasteiger partial charge in [-0.2, -0.15) is 0 Å². The number of nitrogens with one attached hydrogen (secondary N) is 2. The molecule has 3 atom stereocenters. The fourth-order valence-electron chi connectivity index (χ4n) is 2.34. The van der Waals surface area contributed by atoms with E-state index in [1.807, 2.05) is 0 Å². The maximum absolute atomic E-state index is 11.9. The highest BCUT2D eigenvalue weighted by Crippen LogP contribution is 2.17. The molecular weight excluding hydrogens is 192 g/mol. The van der Waals surface area contributed by atoms with E-state index < -0.39 is 0 Å². The molecule has 0 saturated carbocycles. The molecule has 0 aromatic carbocycles. The Morgan fingerprint density at radius 1 is 1.47 bits per heavy atom. The van der Waals surface area contributed by atoms with Crippen molar-refractivity contribution in [2.24, 2.45) is 5.92 Å². The molecular formula is C11H20N2O2. The molecule has 0 spiro atoms. The van der Waals surface area contributed by atoms with Crippen LogP contribution in [0.25, 0.3) is 0 Å². The Hall–Kier alpha value is -0.610. The van der Waals surface area contributed by atoms with E-state index in [0.29, 0.717) is 12.6 Å². The molecule has 2 aliphatic rings. The molecule has 0 bridgehead atoms. The van der Waals surface area contributed by atoms with E-state index in [2.05, 4.69) is 17.6 Å². The van der Waals surface area contributed by atoms with Crippen molar-refractivity contribution >= 4 is 5.91 Å².